The van der Waals surface area contributed by atoms with Gasteiger partial charge in [-0.15, -0.1) is 0 Å². The molecule has 0 aliphatic heterocycles. The highest BCUT2D eigenvalue weighted by Gasteiger charge is 2.14. The Bertz CT molecular complexity index is 1380. The Labute approximate surface area is 210 Å². The van der Waals surface area contributed by atoms with Crippen molar-refractivity contribution in [1.82, 2.24) is 15.7 Å². The molecule has 7 nitrogen and oxygen atoms in total. The second-order valence-electron chi connectivity index (χ2n) is 8.13. The second-order valence-corrected chi connectivity index (χ2v) is 8.13. The van der Waals surface area contributed by atoms with Crippen LogP contribution < -0.4 is 15.6 Å². The van der Waals surface area contributed by atoms with Crippen LogP contribution in [0.3, 0.4) is 0 Å². The molecule has 1 heterocycles. The molecule has 0 radical (unpaired) electrons. The van der Waals surface area contributed by atoms with Crippen LogP contribution in [0.4, 0.5) is 5.69 Å². The number of H-pyrrole nitrogens is 1. The number of carbonyl (C=O) groups is 2. The number of carbonyl (C=O) groups excluding carboxylic acids is 2. The molecule has 0 bridgehead atoms. The Hall–Kier alpha value is -4.65. The lowest BCUT2D eigenvalue weighted by Gasteiger charge is -2.20. The van der Waals surface area contributed by atoms with Gasteiger partial charge < -0.3 is 15.2 Å². The van der Waals surface area contributed by atoms with Gasteiger partial charge in [0.15, 0.2) is 0 Å². The molecule has 7 heteroatoms. The molecule has 0 atom stereocenters. The van der Waals surface area contributed by atoms with Crippen molar-refractivity contribution < 1.29 is 9.59 Å². The number of hydrogen-bond acceptors (Lipinski definition) is 4. The quantitative estimate of drug-likeness (QED) is 0.181. The van der Waals surface area contributed by atoms with E-state index in [-0.39, 0.29) is 11.6 Å². The van der Waals surface area contributed by atoms with Crippen LogP contribution in [0.5, 0.6) is 0 Å². The SMILES string of the molecule is CCN(CC)c1ccc(/C=C(/NC(=O)c2ccccc2)C(=O)NN=Cc2c[nH]c3ccccc23)cc1. The first kappa shape index (κ1) is 24.5. The van der Waals surface area contributed by atoms with Gasteiger partial charge in [0.2, 0.25) is 0 Å². The van der Waals surface area contributed by atoms with Crippen LogP contribution in [0.15, 0.2) is 95.9 Å². The topological polar surface area (TPSA) is 89.6 Å². The minimum Gasteiger partial charge on any atom is -0.372 e. The third-order valence-corrected chi connectivity index (χ3v) is 5.85. The molecular formula is C29H29N5O2. The van der Waals surface area contributed by atoms with E-state index in [2.05, 4.69) is 39.6 Å². The van der Waals surface area contributed by atoms with Gasteiger partial charge in [-0.3, -0.25) is 9.59 Å². The molecule has 0 aliphatic rings. The summed E-state index contributed by atoms with van der Waals surface area (Å²) < 4.78 is 0. The van der Waals surface area contributed by atoms with Crippen LogP contribution in [0, 0.1) is 0 Å². The van der Waals surface area contributed by atoms with Gasteiger partial charge in [-0.1, -0.05) is 48.5 Å². The maximum absolute atomic E-state index is 13.1. The number of rotatable bonds is 9. The minimum atomic E-state index is -0.525. The molecule has 0 saturated heterocycles. The van der Waals surface area contributed by atoms with Crippen molar-refractivity contribution in [3.8, 4) is 0 Å². The number of hydrazone groups is 1. The van der Waals surface area contributed by atoms with Crippen LogP contribution in [-0.2, 0) is 4.79 Å². The largest absolute Gasteiger partial charge is 0.372 e. The summed E-state index contributed by atoms with van der Waals surface area (Å²) in [4.78, 5) is 31.3. The molecule has 0 saturated carbocycles. The second kappa shape index (κ2) is 11.7. The Morgan fingerprint density at radius 3 is 2.33 bits per heavy atom. The third kappa shape index (κ3) is 5.88. The number of nitrogens with one attached hydrogen (secondary N) is 3. The molecular weight excluding hydrogens is 450 g/mol. The van der Waals surface area contributed by atoms with E-state index in [0.717, 1.165) is 40.8 Å². The van der Waals surface area contributed by atoms with Gasteiger partial charge in [0.1, 0.15) is 5.70 Å². The van der Waals surface area contributed by atoms with Crippen molar-refractivity contribution in [2.45, 2.75) is 13.8 Å². The van der Waals surface area contributed by atoms with E-state index >= 15 is 0 Å². The highest BCUT2D eigenvalue weighted by molar-refractivity contribution is 6.06. The first-order valence-corrected chi connectivity index (χ1v) is 11.9. The number of hydrogen-bond donors (Lipinski definition) is 3. The maximum Gasteiger partial charge on any atom is 0.287 e. The number of aromatic nitrogens is 1. The fourth-order valence-corrected chi connectivity index (χ4v) is 3.90. The molecule has 1 aromatic heterocycles. The normalized spacial score (nSPS) is 11.6. The van der Waals surface area contributed by atoms with Crippen molar-refractivity contribution >= 4 is 40.7 Å². The molecule has 3 aromatic carbocycles. The summed E-state index contributed by atoms with van der Waals surface area (Å²) in [5.74, 6) is -0.902. The summed E-state index contributed by atoms with van der Waals surface area (Å²) in [6, 6.07) is 24.4. The summed E-state index contributed by atoms with van der Waals surface area (Å²) >= 11 is 0. The van der Waals surface area contributed by atoms with Crippen molar-refractivity contribution in [2.24, 2.45) is 5.10 Å². The predicted molar refractivity (Wildman–Crippen MR) is 146 cm³/mol. The molecule has 36 heavy (non-hydrogen) atoms. The Morgan fingerprint density at radius 2 is 1.61 bits per heavy atom. The van der Waals surface area contributed by atoms with E-state index in [4.69, 9.17) is 0 Å². The highest BCUT2D eigenvalue weighted by atomic mass is 16.2. The van der Waals surface area contributed by atoms with Crippen molar-refractivity contribution in [2.75, 3.05) is 18.0 Å². The van der Waals surface area contributed by atoms with Gasteiger partial charge in [0.05, 0.1) is 6.21 Å². The number of benzene rings is 3. The lowest BCUT2D eigenvalue weighted by Crippen LogP contribution is -2.32. The average Bonchev–Trinajstić information content (AvgIpc) is 3.33. The van der Waals surface area contributed by atoms with Gasteiger partial charge in [-0.05, 0) is 55.8 Å². The van der Waals surface area contributed by atoms with Crippen LogP contribution in [0.2, 0.25) is 0 Å². The van der Waals surface area contributed by atoms with Crippen LogP contribution >= 0.6 is 0 Å². The minimum absolute atomic E-state index is 0.0931. The number of anilines is 1. The zero-order valence-electron chi connectivity index (χ0n) is 20.4. The van der Waals surface area contributed by atoms with E-state index in [1.54, 1.807) is 36.6 Å². The van der Waals surface area contributed by atoms with Crippen molar-refractivity contribution in [3.63, 3.8) is 0 Å². The molecule has 4 aromatic rings. The Kier molecular flexibility index (Phi) is 7.93. The molecule has 3 N–H and O–H groups in total. The molecule has 0 unspecified atom stereocenters. The van der Waals surface area contributed by atoms with E-state index in [1.165, 1.54) is 0 Å². The van der Waals surface area contributed by atoms with Gasteiger partial charge in [-0.2, -0.15) is 5.10 Å². The standard InChI is InChI=1S/C29H29N5O2/c1-3-34(4-2)24-16-14-21(15-17-24)18-27(32-28(35)22-10-6-5-7-11-22)29(36)33-31-20-23-19-30-26-13-9-8-12-25(23)26/h5-20,30H,3-4H2,1-2H3,(H,32,35)(H,33,36)/b27-18+,31-20?. The molecule has 182 valence electrons. The van der Waals surface area contributed by atoms with E-state index < -0.39 is 5.91 Å². The van der Waals surface area contributed by atoms with Crippen molar-refractivity contribution in [1.29, 1.82) is 0 Å². The zero-order valence-corrected chi connectivity index (χ0v) is 20.4. The summed E-state index contributed by atoms with van der Waals surface area (Å²) in [7, 11) is 0. The number of fused-ring (bicyclic) bond motifs is 1. The number of para-hydroxylation sites is 1. The number of nitrogens with zero attached hydrogens (tertiary/aromatic N) is 2. The van der Waals surface area contributed by atoms with E-state index in [9.17, 15) is 9.59 Å². The van der Waals surface area contributed by atoms with Gasteiger partial charge in [0.25, 0.3) is 11.8 Å². The number of aromatic amines is 1. The smallest absolute Gasteiger partial charge is 0.287 e. The monoisotopic (exact) mass is 479 g/mol. The van der Waals surface area contributed by atoms with E-state index in [1.807, 2.05) is 60.8 Å². The summed E-state index contributed by atoms with van der Waals surface area (Å²) in [6.07, 6.45) is 5.04. The molecule has 0 spiro atoms. The van der Waals surface area contributed by atoms with Gasteiger partial charge >= 0.3 is 0 Å². The Morgan fingerprint density at radius 1 is 0.917 bits per heavy atom. The predicted octanol–water partition coefficient (Wildman–Crippen LogP) is 4.94. The Balaban J connectivity index is 1.56. The molecule has 4 rings (SSSR count). The zero-order chi connectivity index (χ0) is 25.3. The van der Waals surface area contributed by atoms with Crippen molar-refractivity contribution in [3.05, 3.63) is 107 Å². The van der Waals surface area contributed by atoms with Gasteiger partial charge in [0, 0.05) is 47.0 Å². The molecule has 0 aliphatic carbocycles. The first-order chi connectivity index (χ1) is 17.6. The first-order valence-electron chi connectivity index (χ1n) is 11.9. The fraction of sp³-hybridized carbons (Fsp3) is 0.138. The van der Waals surface area contributed by atoms with Gasteiger partial charge in [-0.25, -0.2) is 5.43 Å². The molecule has 2 amide bonds. The highest BCUT2D eigenvalue weighted by Crippen LogP contribution is 2.17. The van der Waals surface area contributed by atoms with E-state index in [0.29, 0.717) is 5.56 Å². The lowest BCUT2D eigenvalue weighted by molar-refractivity contribution is -0.117. The summed E-state index contributed by atoms with van der Waals surface area (Å²) in [5.41, 5.74) is 6.79. The third-order valence-electron chi connectivity index (χ3n) is 5.85. The fourth-order valence-electron chi connectivity index (χ4n) is 3.90. The summed E-state index contributed by atoms with van der Waals surface area (Å²) in [6.45, 7) is 6.02. The van der Waals surface area contributed by atoms with Crippen LogP contribution in [-0.4, -0.2) is 36.1 Å². The lowest BCUT2D eigenvalue weighted by atomic mass is 10.1. The van der Waals surface area contributed by atoms with Crippen LogP contribution in [0.25, 0.3) is 17.0 Å². The maximum atomic E-state index is 13.1. The number of amides is 2. The summed E-state index contributed by atoms with van der Waals surface area (Å²) in [5, 5.41) is 7.85. The van der Waals surface area contributed by atoms with Crippen LogP contribution in [0.1, 0.15) is 35.3 Å². The average molecular weight is 480 g/mol. The molecule has 0 fully saturated rings.